The van der Waals surface area contributed by atoms with Crippen LogP contribution in [0.2, 0.25) is 0 Å². The number of nitrogens with zero attached hydrogens (tertiary/aromatic N) is 3. The summed E-state index contributed by atoms with van der Waals surface area (Å²) in [5.74, 6) is 1.55. The summed E-state index contributed by atoms with van der Waals surface area (Å²) in [5, 5.41) is 16.0. The van der Waals surface area contributed by atoms with Crippen LogP contribution in [-0.4, -0.2) is 22.8 Å². The quantitative estimate of drug-likeness (QED) is 0.626. The van der Waals surface area contributed by atoms with Crippen LogP contribution >= 0.6 is 11.8 Å². The second kappa shape index (κ2) is 7.50. The van der Waals surface area contributed by atoms with Gasteiger partial charge in [-0.15, -0.1) is 0 Å². The summed E-state index contributed by atoms with van der Waals surface area (Å²) < 4.78 is 0. The van der Waals surface area contributed by atoms with Crippen molar-refractivity contribution < 1.29 is 0 Å². The summed E-state index contributed by atoms with van der Waals surface area (Å²) in [6, 6.07) is 11.2. The van der Waals surface area contributed by atoms with E-state index >= 15 is 0 Å². The van der Waals surface area contributed by atoms with Gasteiger partial charge in [0.2, 0.25) is 0 Å². The Hall–Kier alpha value is -2.26. The molecule has 0 saturated carbocycles. The first kappa shape index (κ1) is 15.1. The lowest BCUT2D eigenvalue weighted by Gasteiger charge is -2.10. The van der Waals surface area contributed by atoms with Gasteiger partial charge >= 0.3 is 0 Å². The van der Waals surface area contributed by atoms with Crippen molar-refractivity contribution in [3.8, 4) is 6.07 Å². The molecule has 0 saturated heterocycles. The number of hydrogen-bond donors (Lipinski definition) is 2. The van der Waals surface area contributed by atoms with E-state index in [1.54, 1.807) is 12.1 Å². The van der Waals surface area contributed by atoms with Crippen LogP contribution in [0, 0.1) is 11.3 Å². The van der Waals surface area contributed by atoms with Gasteiger partial charge in [-0.25, -0.2) is 9.97 Å². The van der Waals surface area contributed by atoms with Gasteiger partial charge in [-0.05, 0) is 36.9 Å². The van der Waals surface area contributed by atoms with Gasteiger partial charge in [0, 0.05) is 18.3 Å². The lowest BCUT2D eigenvalue weighted by atomic mass is 10.2. The first-order valence-electron chi connectivity index (χ1n) is 6.69. The summed E-state index contributed by atoms with van der Waals surface area (Å²) in [6.07, 6.45) is 2.99. The van der Waals surface area contributed by atoms with Gasteiger partial charge in [-0.1, -0.05) is 18.7 Å². The maximum absolute atomic E-state index is 8.80. The summed E-state index contributed by atoms with van der Waals surface area (Å²) in [7, 11) is 0. The van der Waals surface area contributed by atoms with Gasteiger partial charge in [0.15, 0.2) is 5.16 Å². The third-order valence-corrected chi connectivity index (χ3v) is 3.28. The van der Waals surface area contributed by atoms with Crippen LogP contribution in [0.4, 0.5) is 17.3 Å². The zero-order valence-corrected chi connectivity index (χ0v) is 12.9. The van der Waals surface area contributed by atoms with Crippen molar-refractivity contribution in [1.82, 2.24) is 9.97 Å². The molecule has 0 radical (unpaired) electrons. The Bertz CT molecular complexity index is 634. The molecule has 0 amide bonds. The molecule has 0 aliphatic heterocycles. The fourth-order valence-corrected chi connectivity index (χ4v) is 2.08. The van der Waals surface area contributed by atoms with Crippen LogP contribution in [0.5, 0.6) is 0 Å². The van der Waals surface area contributed by atoms with Crippen molar-refractivity contribution in [1.29, 1.82) is 5.26 Å². The van der Waals surface area contributed by atoms with Crippen LogP contribution < -0.4 is 10.6 Å². The lowest BCUT2D eigenvalue weighted by Crippen LogP contribution is -2.05. The molecule has 0 aliphatic rings. The molecule has 6 heteroatoms. The van der Waals surface area contributed by atoms with Gasteiger partial charge in [0.1, 0.15) is 11.6 Å². The van der Waals surface area contributed by atoms with E-state index in [0.717, 1.165) is 30.3 Å². The Morgan fingerprint density at radius 3 is 2.52 bits per heavy atom. The van der Waals surface area contributed by atoms with E-state index in [1.165, 1.54) is 11.8 Å². The van der Waals surface area contributed by atoms with E-state index in [9.17, 15) is 0 Å². The van der Waals surface area contributed by atoms with Gasteiger partial charge < -0.3 is 10.6 Å². The third kappa shape index (κ3) is 4.36. The Balaban J connectivity index is 2.19. The molecule has 0 spiro atoms. The highest BCUT2D eigenvalue weighted by Gasteiger charge is 2.04. The molecule has 108 valence electrons. The molecule has 2 N–H and O–H groups in total. The molecule has 0 bridgehead atoms. The number of thioether (sulfide) groups is 1. The Kier molecular flexibility index (Phi) is 5.41. The number of aromatic nitrogens is 2. The molecule has 1 heterocycles. The predicted octanol–water partition coefficient (Wildman–Crippen LogP) is 3.64. The first-order chi connectivity index (χ1) is 10.2. The number of nitriles is 1. The van der Waals surface area contributed by atoms with Crippen LogP contribution in [0.15, 0.2) is 35.5 Å². The average Bonchev–Trinajstić information content (AvgIpc) is 2.53. The molecule has 2 rings (SSSR count). The highest BCUT2D eigenvalue weighted by molar-refractivity contribution is 7.98. The zero-order valence-electron chi connectivity index (χ0n) is 12.1. The Morgan fingerprint density at radius 2 is 1.90 bits per heavy atom. The summed E-state index contributed by atoms with van der Waals surface area (Å²) in [6.45, 7) is 2.99. The lowest BCUT2D eigenvalue weighted by molar-refractivity contribution is 0.929. The molecule has 1 aromatic carbocycles. The normalized spacial score (nSPS) is 9.95. The molecule has 21 heavy (non-hydrogen) atoms. The van der Waals surface area contributed by atoms with Crippen molar-refractivity contribution in [2.45, 2.75) is 18.5 Å². The monoisotopic (exact) mass is 299 g/mol. The minimum atomic E-state index is 0.637. The van der Waals surface area contributed by atoms with Crippen molar-refractivity contribution in [2.75, 3.05) is 23.4 Å². The van der Waals surface area contributed by atoms with E-state index < -0.39 is 0 Å². The second-order valence-electron chi connectivity index (χ2n) is 4.37. The zero-order chi connectivity index (χ0) is 15.1. The molecule has 0 aliphatic carbocycles. The number of nitrogens with one attached hydrogen (secondary N) is 2. The number of anilines is 3. The minimum absolute atomic E-state index is 0.637. The maximum atomic E-state index is 8.80. The topological polar surface area (TPSA) is 73.6 Å². The summed E-state index contributed by atoms with van der Waals surface area (Å²) >= 11 is 1.50. The van der Waals surface area contributed by atoms with Crippen molar-refractivity contribution in [3.63, 3.8) is 0 Å². The Labute approximate surface area is 128 Å². The molecule has 1 aromatic heterocycles. The Morgan fingerprint density at radius 1 is 1.19 bits per heavy atom. The third-order valence-electron chi connectivity index (χ3n) is 2.73. The number of hydrogen-bond acceptors (Lipinski definition) is 6. The van der Waals surface area contributed by atoms with E-state index in [2.05, 4.69) is 33.6 Å². The molecular formula is C15H17N5S. The van der Waals surface area contributed by atoms with Crippen molar-refractivity contribution >= 4 is 29.1 Å². The molecule has 0 unspecified atom stereocenters. The van der Waals surface area contributed by atoms with Gasteiger partial charge in [-0.2, -0.15) is 5.26 Å². The van der Waals surface area contributed by atoms with Crippen LogP contribution in [0.1, 0.15) is 18.9 Å². The smallest absolute Gasteiger partial charge is 0.191 e. The molecule has 0 atom stereocenters. The highest BCUT2D eigenvalue weighted by atomic mass is 32.2. The van der Waals surface area contributed by atoms with E-state index in [4.69, 9.17) is 5.26 Å². The van der Waals surface area contributed by atoms with Gasteiger partial charge in [-0.3, -0.25) is 0 Å². The number of rotatable bonds is 6. The van der Waals surface area contributed by atoms with Crippen LogP contribution in [0.3, 0.4) is 0 Å². The van der Waals surface area contributed by atoms with E-state index in [0.29, 0.717) is 10.7 Å². The van der Waals surface area contributed by atoms with Gasteiger partial charge in [0.25, 0.3) is 0 Å². The number of benzene rings is 1. The second-order valence-corrected chi connectivity index (χ2v) is 5.14. The fraction of sp³-hybridized carbons (Fsp3) is 0.267. The first-order valence-corrected chi connectivity index (χ1v) is 7.91. The largest absolute Gasteiger partial charge is 0.370 e. The SMILES string of the molecule is CCCNc1cc(Nc2ccc(C#N)cc2)nc(SC)n1. The van der Waals surface area contributed by atoms with E-state index in [1.807, 2.05) is 24.5 Å². The highest BCUT2D eigenvalue weighted by Crippen LogP contribution is 2.21. The molecule has 5 nitrogen and oxygen atoms in total. The molecule has 0 fully saturated rings. The van der Waals surface area contributed by atoms with E-state index in [-0.39, 0.29) is 0 Å². The molecular weight excluding hydrogens is 282 g/mol. The van der Waals surface area contributed by atoms with Crippen LogP contribution in [-0.2, 0) is 0 Å². The van der Waals surface area contributed by atoms with Crippen molar-refractivity contribution in [3.05, 3.63) is 35.9 Å². The van der Waals surface area contributed by atoms with Crippen LogP contribution in [0.25, 0.3) is 0 Å². The van der Waals surface area contributed by atoms with Crippen molar-refractivity contribution in [2.24, 2.45) is 0 Å². The average molecular weight is 299 g/mol. The summed E-state index contributed by atoms with van der Waals surface area (Å²) in [4.78, 5) is 8.85. The standard InChI is InChI=1S/C15H17N5S/c1-3-8-17-13-9-14(20-15(19-13)21-2)18-12-6-4-11(10-16)5-7-12/h4-7,9H,3,8H2,1-2H3,(H2,17,18,19,20). The summed E-state index contributed by atoms with van der Waals surface area (Å²) in [5.41, 5.74) is 1.53. The minimum Gasteiger partial charge on any atom is -0.370 e. The molecule has 2 aromatic rings. The predicted molar refractivity (Wildman–Crippen MR) is 87.0 cm³/mol. The maximum Gasteiger partial charge on any atom is 0.191 e. The van der Waals surface area contributed by atoms with Gasteiger partial charge in [0.05, 0.1) is 11.6 Å². The fourth-order valence-electron chi connectivity index (χ4n) is 1.70.